The van der Waals surface area contributed by atoms with E-state index in [9.17, 15) is 9.36 Å². The molecule has 0 aliphatic heterocycles. The second kappa shape index (κ2) is 7.46. The van der Waals surface area contributed by atoms with E-state index in [-0.39, 0.29) is 6.10 Å². The smallest absolute Gasteiger partial charge is 0.409 e. The SMILES string of the molecule is CC(C)OC(=O)[C@H](C)NP(=O)(Cl)Oc1ccccc1Br. The number of esters is 1. The number of hydrogen-bond acceptors (Lipinski definition) is 4. The Hall–Kier alpha value is -0.550. The molecule has 0 heterocycles. The van der Waals surface area contributed by atoms with E-state index in [4.69, 9.17) is 20.5 Å². The van der Waals surface area contributed by atoms with E-state index in [1.165, 1.54) is 6.92 Å². The molecule has 20 heavy (non-hydrogen) atoms. The summed E-state index contributed by atoms with van der Waals surface area (Å²) in [5.41, 5.74) is 0. The Balaban J connectivity index is 2.68. The fourth-order valence-corrected chi connectivity index (χ4v) is 3.48. The molecule has 5 nitrogen and oxygen atoms in total. The van der Waals surface area contributed by atoms with Crippen molar-refractivity contribution in [3.8, 4) is 5.75 Å². The molecule has 8 heteroatoms. The quantitative estimate of drug-likeness (QED) is 0.591. The highest BCUT2D eigenvalue weighted by molar-refractivity contribution is 9.10. The van der Waals surface area contributed by atoms with E-state index in [1.807, 2.05) is 0 Å². The van der Waals surface area contributed by atoms with Gasteiger partial charge in [0.05, 0.1) is 10.6 Å². The van der Waals surface area contributed by atoms with Crippen LogP contribution in [0.4, 0.5) is 0 Å². The average molecular weight is 385 g/mol. The first-order valence-electron chi connectivity index (χ1n) is 5.93. The lowest BCUT2D eigenvalue weighted by atomic mass is 10.3. The lowest BCUT2D eigenvalue weighted by Gasteiger charge is -2.19. The molecule has 0 spiro atoms. The Labute approximate surface area is 131 Å². The molecule has 2 atom stereocenters. The summed E-state index contributed by atoms with van der Waals surface area (Å²) in [5.74, 6) is -0.223. The predicted octanol–water partition coefficient (Wildman–Crippen LogP) is 4.10. The van der Waals surface area contributed by atoms with E-state index in [1.54, 1.807) is 38.1 Å². The number of benzene rings is 1. The van der Waals surface area contributed by atoms with Crippen LogP contribution in [0.25, 0.3) is 0 Å². The van der Waals surface area contributed by atoms with Crippen LogP contribution < -0.4 is 9.61 Å². The fraction of sp³-hybridized carbons (Fsp3) is 0.417. The molecule has 1 N–H and O–H groups in total. The molecule has 0 bridgehead atoms. The second-order valence-corrected chi connectivity index (χ2v) is 7.93. The van der Waals surface area contributed by atoms with Crippen LogP contribution >= 0.6 is 34.0 Å². The summed E-state index contributed by atoms with van der Waals surface area (Å²) in [4.78, 5) is 11.6. The standard InChI is InChI=1S/C12H16BrClNO4P/c1-8(2)18-12(16)9(3)15-20(14,17)19-11-7-5-4-6-10(11)13/h4-9H,1-3H3,(H,15,17)/t9-,20?/m0/s1. The van der Waals surface area contributed by atoms with Crippen LogP contribution in [0.15, 0.2) is 28.7 Å². The maximum atomic E-state index is 12.1. The highest BCUT2D eigenvalue weighted by atomic mass is 79.9. The minimum Gasteiger partial charge on any atom is -0.462 e. The lowest BCUT2D eigenvalue weighted by Crippen LogP contribution is -2.34. The molecular formula is C12H16BrClNO4P. The normalized spacial score (nSPS) is 15.5. The van der Waals surface area contributed by atoms with Gasteiger partial charge in [-0.2, -0.15) is 0 Å². The Morgan fingerprint density at radius 1 is 1.35 bits per heavy atom. The summed E-state index contributed by atoms with van der Waals surface area (Å²) in [6.07, 6.45) is -0.259. The third kappa shape index (κ3) is 5.83. The Morgan fingerprint density at radius 2 is 1.95 bits per heavy atom. The van der Waals surface area contributed by atoms with Gasteiger partial charge < -0.3 is 9.26 Å². The van der Waals surface area contributed by atoms with Crippen molar-refractivity contribution in [3.63, 3.8) is 0 Å². The van der Waals surface area contributed by atoms with Gasteiger partial charge in [-0.3, -0.25) is 4.79 Å². The average Bonchev–Trinajstić information content (AvgIpc) is 2.30. The van der Waals surface area contributed by atoms with Crippen molar-refractivity contribution >= 4 is 40.0 Å². The molecule has 1 unspecified atom stereocenters. The number of para-hydroxylation sites is 1. The number of nitrogens with one attached hydrogen (secondary N) is 1. The van der Waals surface area contributed by atoms with Gasteiger partial charge in [0.15, 0.2) is 0 Å². The number of rotatable bonds is 6. The Bertz CT molecular complexity index is 526. The van der Waals surface area contributed by atoms with Gasteiger partial charge in [0, 0.05) is 11.2 Å². The van der Waals surface area contributed by atoms with Crippen LogP contribution in [-0.4, -0.2) is 18.1 Å². The van der Waals surface area contributed by atoms with Gasteiger partial charge in [-0.05, 0) is 48.8 Å². The largest absolute Gasteiger partial charge is 0.462 e. The molecule has 112 valence electrons. The number of hydrogen-bond donors (Lipinski definition) is 1. The maximum absolute atomic E-state index is 12.1. The zero-order valence-corrected chi connectivity index (χ0v) is 14.5. The minimum absolute atomic E-state index is 0.259. The van der Waals surface area contributed by atoms with Crippen molar-refractivity contribution < 1.29 is 18.6 Å². The third-order valence-corrected chi connectivity index (χ3v) is 4.39. The van der Waals surface area contributed by atoms with Crippen LogP contribution in [0, 0.1) is 0 Å². The molecule has 0 saturated carbocycles. The van der Waals surface area contributed by atoms with Gasteiger partial charge >= 0.3 is 12.8 Å². The number of carbonyl (C=O) groups is 1. The first kappa shape index (κ1) is 17.5. The summed E-state index contributed by atoms with van der Waals surface area (Å²) < 4.78 is 23.0. The van der Waals surface area contributed by atoms with E-state index >= 15 is 0 Å². The fourth-order valence-electron chi connectivity index (χ4n) is 1.29. The molecule has 1 rings (SSSR count). The van der Waals surface area contributed by atoms with Crippen molar-refractivity contribution in [2.24, 2.45) is 0 Å². The molecule has 0 aliphatic carbocycles. The predicted molar refractivity (Wildman–Crippen MR) is 82.1 cm³/mol. The highest BCUT2D eigenvalue weighted by Gasteiger charge is 2.28. The van der Waals surface area contributed by atoms with Crippen molar-refractivity contribution in [1.82, 2.24) is 5.09 Å². The summed E-state index contributed by atoms with van der Waals surface area (Å²) in [7, 11) is 0. The third-order valence-electron chi connectivity index (χ3n) is 2.11. The van der Waals surface area contributed by atoms with Gasteiger partial charge in [0.2, 0.25) is 0 Å². The summed E-state index contributed by atoms with van der Waals surface area (Å²) in [5, 5.41) is 2.44. The Morgan fingerprint density at radius 3 is 2.50 bits per heavy atom. The molecule has 0 saturated heterocycles. The first-order chi connectivity index (χ1) is 9.21. The molecule has 0 amide bonds. The van der Waals surface area contributed by atoms with Crippen LogP contribution in [0.5, 0.6) is 5.75 Å². The number of carbonyl (C=O) groups excluding carboxylic acids is 1. The summed E-state index contributed by atoms with van der Waals surface area (Å²) in [6.45, 7) is 1.25. The van der Waals surface area contributed by atoms with Crippen molar-refractivity contribution in [2.45, 2.75) is 32.9 Å². The molecular weight excluding hydrogens is 368 g/mol. The maximum Gasteiger partial charge on any atom is 0.409 e. The lowest BCUT2D eigenvalue weighted by molar-refractivity contribution is -0.148. The van der Waals surface area contributed by atoms with Crippen LogP contribution in [-0.2, 0) is 14.1 Å². The molecule has 1 aromatic rings. The van der Waals surface area contributed by atoms with E-state index < -0.39 is 18.9 Å². The molecule has 1 aromatic carbocycles. The molecule has 0 aromatic heterocycles. The van der Waals surface area contributed by atoms with Crippen molar-refractivity contribution in [1.29, 1.82) is 0 Å². The zero-order valence-electron chi connectivity index (χ0n) is 11.3. The minimum atomic E-state index is -3.70. The van der Waals surface area contributed by atoms with Crippen molar-refractivity contribution in [3.05, 3.63) is 28.7 Å². The number of ether oxygens (including phenoxy) is 1. The van der Waals surface area contributed by atoms with Gasteiger partial charge in [-0.25, -0.2) is 9.65 Å². The topological polar surface area (TPSA) is 64.6 Å². The zero-order chi connectivity index (χ0) is 15.3. The summed E-state index contributed by atoms with van der Waals surface area (Å²) >= 11 is 9.06. The van der Waals surface area contributed by atoms with Crippen LogP contribution in [0.1, 0.15) is 20.8 Å². The van der Waals surface area contributed by atoms with Gasteiger partial charge in [-0.15, -0.1) is 0 Å². The molecule has 0 radical (unpaired) electrons. The highest BCUT2D eigenvalue weighted by Crippen LogP contribution is 2.50. The van der Waals surface area contributed by atoms with Gasteiger partial charge in [0.25, 0.3) is 0 Å². The van der Waals surface area contributed by atoms with E-state index in [0.717, 1.165) is 0 Å². The van der Waals surface area contributed by atoms with Gasteiger partial charge in [-0.1, -0.05) is 12.1 Å². The Kier molecular flexibility index (Phi) is 6.52. The van der Waals surface area contributed by atoms with E-state index in [2.05, 4.69) is 21.0 Å². The first-order valence-corrected chi connectivity index (χ1v) is 9.25. The van der Waals surface area contributed by atoms with Crippen LogP contribution in [0.3, 0.4) is 0 Å². The van der Waals surface area contributed by atoms with Crippen molar-refractivity contribution in [2.75, 3.05) is 0 Å². The molecule has 0 aliphatic rings. The van der Waals surface area contributed by atoms with E-state index in [0.29, 0.717) is 10.2 Å². The van der Waals surface area contributed by atoms with Gasteiger partial charge in [0.1, 0.15) is 11.8 Å². The second-order valence-electron chi connectivity index (χ2n) is 4.34. The number of halogens is 2. The summed E-state index contributed by atoms with van der Waals surface area (Å²) in [6, 6.07) is 5.99. The molecule has 0 fully saturated rings. The van der Waals surface area contributed by atoms with Crippen LogP contribution in [0.2, 0.25) is 0 Å². The monoisotopic (exact) mass is 383 g/mol.